The summed E-state index contributed by atoms with van der Waals surface area (Å²) >= 11 is 8.61. The Hall–Kier alpha value is 0.240. The summed E-state index contributed by atoms with van der Waals surface area (Å²) in [5.74, 6) is 0. The predicted octanol–water partition coefficient (Wildman–Crippen LogP) is 5.14. The van der Waals surface area contributed by atoms with E-state index in [1.807, 2.05) is 0 Å². The van der Waals surface area contributed by atoms with Crippen LogP contribution in [0.3, 0.4) is 0 Å². The van der Waals surface area contributed by atoms with E-state index in [9.17, 15) is 0 Å². The summed E-state index contributed by atoms with van der Waals surface area (Å²) in [7, 11) is 0. The fraction of sp³-hybridized carbons (Fsp3) is 0.923. The second-order valence-corrected chi connectivity index (χ2v) is 5.38. The van der Waals surface area contributed by atoms with Crippen LogP contribution in [0.15, 0.2) is 0 Å². The number of hydrogen-bond donors (Lipinski definition) is 1. The molecule has 0 aliphatic heterocycles. The highest BCUT2D eigenvalue weighted by Gasteiger charge is 1.93. The molecule has 0 radical (unpaired) electrons. The minimum atomic E-state index is 0.371. The van der Waals surface area contributed by atoms with Gasteiger partial charge in [0.2, 0.25) is 4.38 Å². The van der Waals surface area contributed by atoms with E-state index in [2.05, 4.69) is 19.6 Å². The molecule has 0 aromatic heterocycles. The van der Waals surface area contributed by atoms with Crippen molar-refractivity contribution in [2.24, 2.45) is 0 Å². The monoisotopic (exact) mass is 262 g/mol. The van der Waals surface area contributed by atoms with Crippen molar-refractivity contribution in [2.75, 3.05) is 6.61 Å². The molecule has 0 aromatic carbocycles. The summed E-state index contributed by atoms with van der Waals surface area (Å²) in [5.41, 5.74) is 0. The highest BCUT2D eigenvalue weighted by atomic mass is 32.1. The van der Waals surface area contributed by atoms with Crippen LogP contribution in [-0.2, 0) is 4.74 Å². The Bertz CT molecular complexity index is 160. The topological polar surface area (TPSA) is 9.23 Å². The van der Waals surface area contributed by atoms with Gasteiger partial charge in [0.1, 0.15) is 0 Å². The molecule has 0 N–H and O–H groups in total. The van der Waals surface area contributed by atoms with Crippen LogP contribution < -0.4 is 0 Å². The van der Waals surface area contributed by atoms with Gasteiger partial charge >= 0.3 is 0 Å². The smallest absolute Gasteiger partial charge is 0.216 e. The first kappa shape index (κ1) is 16.2. The summed E-state index contributed by atoms with van der Waals surface area (Å²) in [5, 5.41) is 0. The standard InChI is InChI=1S/C13H26OS2/c1-2-3-4-5-6-7-8-9-10-11-12-14-13(15)16/h2-12H2,1H3,(H,15,16). The van der Waals surface area contributed by atoms with Crippen LogP contribution in [0.4, 0.5) is 0 Å². The van der Waals surface area contributed by atoms with Crippen LogP contribution >= 0.6 is 24.8 Å². The molecule has 0 saturated carbocycles. The Labute approximate surface area is 112 Å². The molecular weight excluding hydrogens is 236 g/mol. The molecule has 0 aliphatic rings. The van der Waals surface area contributed by atoms with Gasteiger partial charge in [-0.15, -0.1) is 0 Å². The summed E-state index contributed by atoms with van der Waals surface area (Å²) in [6.45, 7) is 3.00. The predicted molar refractivity (Wildman–Crippen MR) is 79.4 cm³/mol. The van der Waals surface area contributed by atoms with E-state index in [1.165, 1.54) is 57.8 Å². The SMILES string of the molecule is CCCCCCCCCCCCOC(=S)S. The molecule has 0 unspecified atom stereocenters. The lowest BCUT2D eigenvalue weighted by Gasteiger charge is -2.03. The highest BCUT2D eigenvalue weighted by molar-refractivity contribution is 8.10. The average molecular weight is 262 g/mol. The van der Waals surface area contributed by atoms with Gasteiger partial charge in [-0.05, 0) is 18.6 Å². The van der Waals surface area contributed by atoms with Crippen molar-refractivity contribution >= 4 is 29.2 Å². The second-order valence-electron chi connectivity index (χ2n) is 4.30. The zero-order valence-corrected chi connectivity index (χ0v) is 12.3. The molecule has 0 saturated heterocycles. The van der Waals surface area contributed by atoms with Crippen molar-refractivity contribution in [3.8, 4) is 0 Å². The Morgan fingerprint density at radius 2 is 1.31 bits per heavy atom. The summed E-state index contributed by atoms with van der Waals surface area (Å²) < 4.78 is 5.48. The highest BCUT2D eigenvalue weighted by Crippen LogP contribution is 2.10. The van der Waals surface area contributed by atoms with Gasteiger partial charge in [-0.25, -0.2) is 0 Å². The molecule has 16 heavy (non-hydrogen) atoms. The van der Waals surface area contributed by atoms with E-state index in [0.717, 1.165) is 13.0 Å². The molecule has 0 aromatic rings. The van der Waals surface area contributed by atoms with Crippen molar-refractivity contribution in [1.82, 2.24) is 0 Å². The fourth-order valence-electron chi connectivity index (χ4n) is 1.75. The Morgan fingerprint density at radius 3 is 1.75 bits per heavy atom. The lowest BCUT2D eigenvalue weighted by Crippen LogP contribution is -1.95. The van der Waals surface area contributed by atoms with Gasteiger partial charge in [-0.1, -0.05) is 77.3 Å². The number of rotatable bonds is 11. The third kappa shape index (κ3) is 14.2. The normalized spacial score (nSPS) is 10.4. The minimum Gasteiger partial charge on any atom is -0.479 e. The zero-order valence-electron chi connectivity index (χ0n) is 10.5. The maximum atomic E-state index is 5.11. The molecule has 0 aliphatic carbocycles. The van der Waals surface area contributed by atoms with Gasteiger partial charge in [0.15, 0.2) is 0 Å². The molecule has 3 heteroatoms. The molecule has 0 rings (SSSR count). The summed E-state index contributed by atoms with van der Waals surface area (Å²) in [4.78, 5) is 0. The lowest BCUT2D eigenvalue weighted by atomic mass is 10.1. The molecule has 0 amide bonds. The number of thiocarbonyl (C=S) groups is 1. The summed E-state index contributed by atoms with van der Waals surface area (Å²) in [6.07, 6.45) is 13.5. The largest absolute Gasteiger partial charge is 0.479 e. The van der Waals surface area contributed by atoms with Crippen molar-refractivity contribution in [3.63, 3.8) is 0 Å². The van der Waals surface area contributed by atoms with Crippen LogP contribution in [0.25, 0.3) is 0 Å². The van der Waals surface area contributed by atoms with Crippen molar-refractivity contribution < 1.29 is 4.74 Å². The molecule has 1 nitrogen and oxygen atoms in total. The molecular formula is C13H26OS2. The number of ether oxygens (including phenoxy) is 1. The maximum absolute atomic E-state index is 5.11. The molecule has 0 heterocycles. The van der Waals surface area contributed by atoms with Crippen LogP contribution in [0, 0.1) is 0 Å². The maximum Gasteiger partial charge on any atom is 0.216 e. The van der Waals surface area contributed by atoms with E-state index in [1.54, 1.807) is 0 Å². The van der Waals surface area contributed by atoms with E-state index in [4.69, 9.17) is 17.0 Å². The van der Waals surface area contributed by atoms with Crippen LogP contribution in [0.5, 0.6) is 0 Å². The molecule has 0 fully saturated rings. The van der Waals surface area contributed by atoms with Crippen LogP contribution in [0.2, 0.25) is 0 Å². The van der Waals surface area contributed by atoms with Crippen LogP contribution in [-0.4, -0.2) is 11.0 Å². The number of hydrogen-bond acceptors (Lipinski definition) is 2. The van der Waals surface area contributed by atoms with E-state index >= 15 is 0 Å². The Morgan fingerprint density at radius 1 is 0.875 bits per heavy atom. The van der Waals surface area contributed by atoms with Gasteiger partial charge in [-0.2, -0.15) is 0 Å². The zero-order chi connectivity index (χ0) is 12.1. The van der Waals surface area contributed by atoms with Gasteiger partial charge in [-0.3, -0.25) is 0 Å². The lowest BCUT2D eigenvalue weighted by molar-refractivity contribution is 0.308. The van der Waals surface area contributed by atoms with Gasteiger partial charge < -0.3 is 4.74 Å². The van der Waals surface area contributed by atoms with Crippen molar-refractivity contribution in [3.05, 3.63) is 0 Å². The van der Waals surface area contributed by atoms with Gasteiger partial charge in [0.25, 0.3) is 0 Å². The molecule has 0 bridgehead atoms. The summed E-state index contributed by atoms with van der Waals surface area (Å²) in [6, 6.07) is 0. The first-order valence-corrected chi connectivity index (χ1v) is 7.48. The third-order valence-electron chi connectivity index (χ3n) is 2.72. The molecule has 96 valence electrons. The fourth-order valence-corrected chi connectivity index (χ4v) is 1.92. The Balaban J connectivity index is 2.90. The first-order chi connectivity index (χ1) is 7.77. The first-order valence-electron chi connectivity index (χ1n) is 6.63. The van der Waals surface area contributed by atoms with E-state index < -0.39 is 0 Å². The van der Waals surface area contributed by atoms with E-state index in [0.29, 0.717) is 4.38 Å². The quantitative estimate of drug-likeness (QED) is 0.314. The van der Waals surface area contributed by atoms with E-state index in [-0.39, 0.29) is 0 Å². The van der Waals surface area contributed by atoms with Crippen molar-refractivity contribution in [2.45, 2.75) is 71.1 Å². The number of thiol groups is 1. The number of unbranched alkanes of at least 4 members (excludes halogenated alkanes) is 9. The van der Waals surface area contributed by atoms with Crippen LogP contribution in [0.1, 0.15) is 71.1 Å². The van der Waals surface area contributed by atoms with Gasteiger partial charge in [0, 0.05) is 0 Å². The molecule has 0 spiro atoms. The average Bonchev–Trinajstić information content (AvgIpc) is 2.25. The van der Waals surface area contributed by atoms with Crippen molar-refractivity contribution in [1.29, 1.82) is 0 Å². The van der Waals surface area contributed by atoms with Gasteiger partial charge in [0.05, 0.1) is 6.61 Å². The minimum absolute atomic E-state index is 0.371. The molecule has 0 atom stereocenters. The Kier molecular flexibility index (Phi) is 13.5. The third-order valence-corrected chi connectivity index (χ3v) is 2.97. The second kappa shape index (κ2) is 13.3.